The molecule has 1 aliphatic heterocycles. The number of aromatic nitrogens is 3. The van der Waals surface area contributed by atoms with Crippen LogP contribution in [0.25, 0.3) is 11.0 Å². The van der Waals surface area contributed by atoms with Crippen LogP contribution < -0.4 is 15.0 Å². The van der Waals surface area contributed by atoms with Crippen LogP contribution in [0.1, 0.15) is 16.1 Å². The fraction of sp³-hybridized carbons (Fsp3) is 0.231. The molecular weight excluding hydrogens is 579 g/mol. The van der Waals surface area contributed by atoms with Gasteiger partial charge in [0.15, 0.2) is 0 Å². The number of benzene rings is 1. The van der Waals surface area contributed by atoms with Crippen molar-refractivity contribution in [3.8, 4) is 5.75 Å². The van der Waals surface area contributed by atoms with Crippen LogP contribution in [0.2, 0.25) is 0 Å². The number of carbonyl (C=O) groups is 2. The molecule has 1 saturated heterocycles. The Hall–Kier alpha value is -4.89. The quantitative estimate of drug-likeness (QED) is 0.235. The Labute approximate surface area is 231 Å². The van der Waals surface area contributed by atoms with E-state index in [-0.39, 0.29) is 42.0 Å². The Kier molecular flexibility index (Phi) is 7.38. The second kappa shape index (κ2) is 10.8. The van der Waals surface area contributed by atoms with E-state index in [1.54, 1.807) is 4.90 Å². The fourth-order valence-electron chi connectivity index (χ4n) is 4.25. The van der Waals surface area contributed by atoms with E-state index in [0.29, 0.717) is 11.4 Å². The zero-order chi connectivity index (χ0) is 30.2. The number of rotatable bonds is 7. The van der Waals surface area contributed by atoms with Crippen LogP contribution in [0, 0.1) is 5.82 Å². The summed E-state index contributed by atoms with van der Waals surface area (Å²) in [6.07, 6.45) is -8.69. The van der Waals surface area contributed by atoms with Crippen LogP contribution in [0.3, 0.4) is 0 Å². The van der Waals surface area contributed by atoms with Gasteiger partial charge in [0.2, 0.25) is 0 Å². The third-order valence-electron chi connectivity index (χ3n) is 6.09. The predicted octanol–water partition coefficient (Wildman–Crippen LogP) is 5.06. The van der Waals surface area contributed by atoms with Crippen molar-refractivity contribution in [2.45, 2.75) is 25.2 Å². The summed E-state index contributed by atoms with van der Waals surface area (Å²) in [4.78, 5) is 34.0. The van der Waals surface area contributed by atoms with Gasteiger partial charge in [-0.2, -0.15) is 13.2 Å². The monoisotopic (exact) mass is 597 g/mol. The molecule has 0 saturated carbocycles. The first-order chi connectivity index (χ1) is 19.7. The number of carbonyl (C=O) groups excluding carboxylic acids is 2. The molecule has 1 aromatic carbocycles. The summed E-state index contributed by atoms with van der Waals surface area (Å²) < 4.78 is 98.7. The van der Waals surface area contributed by atoms with E-state index in [1.165, 1.54) is 41.1 Å². The van der Waals surface area contributed by atoms with Crippen LogP contribution in [-0.4, -0.2) is 58.1 Å². The van der Waals surface area contributed by atoms with Crippen LogP contribution in [0.5, 0.6) is 5.75 Å². The van der Waals surface area contributed by atoms with E-state index in [1.807, 2.05) is 0 Å². The maximum Gasteiger partial charge on any atom is 0.573 e. The van der Waals surface area contributed by atoms with Crippen LogP contribution in [-0.2, 0) is 16.1 Å². The van der Waals surface area contributed by atoms with Crippen molar-refractivity contribution in [2.75, 3.05) is 23.3 Å². The van der Waals surface area contributed by atoms with Gasteiger partial charge in [-0.25, -0.2) is 19.2 Å². The van der Waals surface area contributed by atoms with Gasteiger partial charge < -0.3 is 24.3 Å². The first-order valence-electron chi connectivity index (χ1n) is 12.0. The van der Waals surface area contributed by atoms with Crippen molar-refractivity contribution >= 4 is 34.4 Å². The average Bonchev–Trinajstić information content (AvgIpc) is 3.22. The van der Waals surface area contributed by atoms with E-state index < -0.39 is 42.1 Å². The molecule has 16 heteroatoms. The highest BCUT2D eigenvalue weighted by Gasteiger charge is 2.44. The maximum absolute atomic E-state index is 13.9. The van der Waals surface area contributed by atoms with Gasteiger partial charge in [-0.05, 0) is 42.0 Å². The Morgan fingerprint density at radius 2 is 1.74 bits per heavy atom. The number of anilines is 2. The number of hydrogen-bond acceptors (Lipinski definition) is 7. The molecule has 1 aliphatic rings. The fourth-order valence-corrected chi connectivity index (χ4v) is 4.25. The highest BCUT2D eigenvalue weighted by molar-refractivity contribution is 6.06. The minimum absolute atomic E-state index is 0.000594. The number of fused-ring (bicyclic) bond motifs is 1. The second-order valence-electron chi connectivity index (χ2n) is 9.17. The topological polar surface area (TPSA) is 98.6 Å². The molecule has 0 aliphatic carbocycles. The van der Waals surface area contributed by atoms with Gasteiger partial charge in [0.1, 0.15) is 34.8 Å². The first-order valence-corrected chi connectivity index (χ1v) is 12.0. The third kappa shape index (κ3) is 6.53. The molecule has 1 fully saturated rings. The molecule has 5 rings (SSSR count). The number of amides is 1. The molecule has 0 spiro atoms. The van der Waals surface area contributed by atoms with Gasteiger partial charge in [-0.1, -0.05) is 12.1 Å². The third-order valence-corrected chi connectivity index (χ3v) is 6.09. The van der Waals surface area contributed by atoms with E-state index in [9.17, 15) is 40.3 Å². The summed E-state index contributed by atoms with van der Waals surface area (Å²) in [5, 5.41) is 2.90. The number of nitrogens with one attached hydrogen (secondary N) is 1. The molecule has 0 radical (unpaired) electrons. The average molecular weight is 597 g/mol. The van der Waals surface area contributed by atoms with Crippen LogP contribution in [0.15, 0.2) is 60.9 Å². The van der Waals surface area contributed by atoms with E-state index in [4.69, 9.17) is 0 Å². The van der Waals surface area contributed by atoms with Gasteiger partial charge in [0, 0.05) is 11.9 Å². The molecule has 9 nitrogen and oxygen atoms in total. The van der Waals surface area contributed by atoms with Gasteiger partial charge in [-0.15, -0.1) is 13.2 Å². The number of ether oxygens (including phenoxy) is 2. The lowest BCUT2D eigenvalue weighted by Crippen LogP contribution is -2.54. The van der Waals surface area contributed by atoms with Crippen molar-refractivity contribution in [2.24, 2.45) is 0 Å². The van der Waals surface area contributed by atoms with E-state index in [0.717, 1.165) is 24.4 Å². The van der Waals surface area contributed by atoms with Crippen molar-refractivity contribution in [3.05, 3.63) is 78.0 Å². The number of halogens is 7. The van der Waals surface area contributed by atoms with Crippen molar-refractivity contribution in [3.63, 3.8) is 0 Å². The zero-order valence-corrected chi connectivity index (χ0v) is 21.0. The molecule has 0 unspecified atom stereocenters. The Morgan fingerprint density at radius 1 is 0.976 bits per heavy atom. The largest absolute Gasteiger partial charge is 0.573 e. The summed E-state index contributed by atoms with van der Waals surface area (Å²) in [6, 6.07) is 10.7. The zero-order valence-electron chi connectivity index (χ0n) is 21.0. The number of alkyl halides is 6. The summed E-state index contributed by atoms with van der Waals surface area (Å²) in [6.45, 7) is -0.106. The summed E-state index contributed by atoms with van der Waals surface area (Å²) in [5.41, 5.74) is 0.803. The van der Waals surface area contributed by atoms with Crippen molar-refractivity contribution in [1.82, 2.24) is 14.5 Å². The molecule has 4 aromatic rings. The molecule has 0 bridgehead atoms. The Morgan fingerprint density at radius 3 is 2.40 bits per heavy atom. The Balaban J connectivity index is 1.31. The molecular formula is C26H18F7N5O4. The second-order valence-corrected chi connectivity index (χ2v) is 9.17. The molecule has 1 N–H and O–H groups in total. The SMILES string of the molecule is O=C(Nc1ccc(N2CC(OC(=O)C(F)(F)F)C2)nc1)c1cc2cc(F)cnc2n1Cc1cccc(OC(F)(F)F)c1. The number of nitrogens with zero attached hydrogens (tertiary/aromatic N) is 4. The maximum atomic E-state index is 13.9. The lowest BCUT2D eigenvalue weighted by atomic mass is 10.1. The highest BCUT2D eigenvalue weighted by Crippen LogP contribution is 2.27. The normalized spacial score (nSPS) is 14.0. The molecule has 42 heavy (non-hydrogen) atoms. The van der Waals surface area contributed by atoms with Crippen LogP contribution in [0.4, 0.5) is 42.2 Å². The molecule has 220 valence electrons. The standard InChI is InChI=1S/C26H18F7N5O4/c27-16-7-15-8-20(38(22(15)35-9-16)11-14-2-1-3-18(6-14)42-26(31,32)33)23(39)36-17-4-5-21(34-10-17)37-12-19(13-37)41-24(40)25(28,29)30/h1-10,19H,11-13H2,(H,36,39). The van der Waals surface area contributed by atoms with Gasteiger partial charge >= 0.3 is 18.5 Å². The predicted molar refractivity (Wildman–Crippen MR) is 132 cm³/mol. The minimum Gasteiger partial charge on any atom is -0.452 e. The molecule has 3 aromatic heterocycles. The summed E-state index contributed by atoms with van der Waals surface area (Å²) in [7, 11) is 0. The number of hydrogen-bond donors (Lipinski definition) is 1. The lowest BCUT2D eigenvalue weighted by Gasteiger charge is -2.39. The summed E-state index contributed by atoms with van der Waals surface area (Å²) >= 11 is 0. The van der Waals surface area contributed by atoms with E-state index in [2.05, 4.69) is 24.8 Å². The van der Waals surface area contributed by atoms with Gasteiger partial charge in [-0.3, -0.25) is 4.79 Å². The van der Waals surface area contributed by atoms with E-state index >= 15 is 0 Å². The lowest BCUT2D eigenvalue weighted by molar-refractivity contribution is -0.274. The van der Waals surface area contributed by atoms with Crippen molar-refractivity contribution < 1.29 is 49.8 Å². The van der Waals surface area contributed by atoms with Crippen molar-refractivity contribution in [1.29, 1.82) is 0 Å². The molecule has 1 amide bonds. The molecule has 0 atom stereocenters. The highest BCUT2D eigenvalue weighted by atomic mass is 19.4. The van der Waals surface area contributed by atoms with Gasteiger partial charge in [0.25, 0.3) is 5.91 Å². The number of pyridine rings is 2. The van der Waals surface area contributed by atoms with Crippen LogP contribution >= 0.6 is 0 Å². The van der Waals surface area contributed by atoms with Gasteiger partial charge in [0.05, 0.1) is 31.2 Å². The minimum atomic E-state index is -5.08. The number of esters is 1. The molecule has 4 heterocycles. The first kappa shape index (κ1) is 28.6. The summed E-state index contributed by atoms with van der Waals surface area (Å²) in [5.74, 6) is -3.68. The smallest absolute Gasteiger partial charge is 0.452 e. The Bertz CT molecular complexity index is 1630.